The van der Waals surface area contributed by atoms with E-state index in [0.717, 1.165) is 6.42 Å². The van der Waals surface area contributed by atoms with Crippen molar-refractivity contribution in [2.45, 2.75) is 32.5 Å². The molecule has 12 heavy (non-hydrogen) atoms. The largest absolute Gasteiger partial charge is 0.389 e. The molecule has 0 saturated heterocycles. The predicted octanol–water partition coefficient (Wildman–Crippen LogP) is 1.66. The van der Waals surface area contributed by atoms with Crippen LogP contribution in [0, 0.1) is 0 Å². The van der Waals surface area contributed by atoms with E-state index >= 15 is 0 Å². The van der Waals surface area contributed by atoms with E-state index in [2.05, 4.69) is 13.0 Å². The molecular weight excluding hydrogens is 152 g/mol. The van der Waals surface area contributed by atoms with Crippen molar-refractivity contribution >= 4 is 0 Å². The number of aliphatic hydroxyl groups is 1. The van der Waals surface area contributed by atoms with Gasteiger partial charge in [0.05, 0.1) is 18.8 Å². The molecule has 0 amide bonds. The van der Waals surface area contributed by atoms with Gasteiger partial charge in [-0.3, -0.25) is 0 Å². The van der Waals surface area contributed by atoms with Gasteiger partial charge < -0.3 is 9.84 Å². The summed E-state index contributed by atoms with van der Waals surface area (Å²) in [5, 5.41) is 8.99. The molecule has 1 heterocycles. The Morgan fingerprint density at radius 1 is 1.75 bits per heavy atom. The van der Waals surface area contributed by atoms with Gasteiger partial charge in [-0.05, 0) is 20.3 Å². The average molecular weight is 168 g/mol. The molecule has 2 heteroatoms. The maximum Gasteiger partial charge on any atom is 0.0797 e. The first kappa shape index (κ1) is 9.49. The molecule has 2 unspecified atom stereocenters. The molecule has 0 fully saturated rings. The fourth-order valence-corrected chi connectivity index (χ4v) is 1.18. The Hall–Kier alpha value is -0.600. The zero-order valence-corrected chi connectivity index (χ0v) is 7.66. The van der Waals surface area contributed by atoms with Crippen molar-refractivity contribution in [2.24, 2.45) is 0 Å². The lowest BCUT2D eigenvalue weighted by Crippen LogP contribution is -2.15. The van der Waals surface area contributed by atoms with Crippen LogP contribution in [0.5, 0.6) is 0 Å². The van der Waals surface area contributed by atoms with E-state index < -0.39 is 0 Å². The zero-order chi connectivity index (χ0) is 8.97. The third-order valence-electron chi connectivity index (χ3n) is 1.87. The Bertz CT molecular complexity index is 192. The standard InChI is InChI=1S/C10H16O2/c1-8-5-6-12-10(7-8)4-3-9(2)11/h3-5,9-11H,6-7H2,1-2H3/b4-3+. The monoisotopic (exact) mass is 168 g/mol. The lowest BCUT2D eigenvalue weighted by Gasteiger charge is -2.18. The lowest BCUT2D eigenvalue weighted by atomic mass is 10.1. The van der Waals surface area contributed by atoms with Crippen LogP contribution in [0.15, 0.2) is 23.8 Å². The van der Waals surface area contributed by atoms with E-state index in [1.54, 1.807) is 13.0 Å². The molecule has 1 aliphatic rings. The van der Waals surface area contributed by atoms with Crippen molar-refractivity contribution < 1.29 is 9.84 Å². The van der Waals surface area contributed by atoms with Crippen molar-refractivity contribution in [2.75, 3.05) is 6.61 Å². The van der Waals surface area contributed by atoms with E-state index in [0.29, 0.717) is 6.61 Å². The van der Waals surface area contributed by atoms with Gasteiger partial charge in [0, 0.05) is 0 Å². The molecule has 0 aromatic rings. The normalized spacial score (nSPS) is 27.2. The summed E-state index contributed by atoms with van der Waals surface area (Å²) in [6.07, 6.45) is 6.52. The van der Waals surface area contributed by atoms with E-state index in [9.17, 15) is 0 Å². The van der Waals surface area contributed by atoms with Crippen LogP contribution in [-0.4, -0.2) is 23.9 Å². The highest BCUT2D eigenvalue weighted by Crippen LogP contribution is 2.14. The molecule has 0 aliphatic carbocycles. The van der Waals surface area contributed by atoms with Crippen molar-refractivity contribution in [1.29, 1.82) is 0 Å². The third-order valence-corrected chi connectivity index (χ3v) is 1.87. The van der Waals surface area contributed by atoms with Gasteiger partial charge in [-0.2, -0.15) is 0 Å². The van der Waals surface area contributed by atoms with Crippen molar-refractivity contribution in [1.82, 2.24) is 0 Å². The van der Waals surface area contributed by atoms with Gasteiger partial charge in [0.15, 0.2) is 0 Å². The van der Waals surface area contributed by atoms with Crippen LogP contribution >= 0.6 is 0 Å². The first-order valence-corrected chi connectivity index (χ1v) is 4.32. The molecule has 0 radical (unpaired) electrons. The molecule has 1 rings (SSSR count). The van der Waals surface area contributed by atoms with Crippen molar-refractivity contribution in [3.05, 3.63) is 23.8 Å². The fourth-order valence-electron chi connectivity index (χ4n) is 1.18. The summed E-state index contributed by atoms with van der Waals surface area (Å²) in [4.78, 5) is 0. The van der Waals surface area contributed by atoms with Gasteiger partial charge >= 0.3 is 0 Å². The topological polar surface area (TPSA) is 29.5 Å². The molecular formula is C10H16O2. The third kappa shape index (κ3) is 3.20. The van der Waals surface area contributed by atoms with E-state index in [-0.39, 0.29) is 12.2 Å². The molecule has 2 nitrogen and oxygen atoms in total. The Balaban J connectivity index is 2.40. The number of hydrogen-bond acceptors (Lipinski definition) is 2. The Kier molecular flexibility index (Phi) is 3.50. The second-order valence-corrected chi connectivity index (χ2v) is 3.25. The zero-order valence-electron chi connectivity index (χ0n) is 7.66. The summed E-state index contributed by atoms with van der Waals surface area (Å²) in [5.41, 5.74) is 1.36. The quantitative estimate of drug-likeness (QED) is 0.635. The summed E-state index contributed by atoms with van der Waals surface area (Å²) in [6, 6.07) is 0. The van der Waals surface area contributed by atoms with Gasteiger partial charge in [0.1, 0.15) is 0 Å². The summed E-state index contributed by atoms with van der Waals surface area (Å²) < 4.78 is 5.42. The van der Waals surface area contributed by atoms with Crippen LogP contribution in [0.4, 0.5) is 0 Å². The maximum absolute atomic E-state index is 8.99. The van der Waals surface area contributed by atoms with E-state index in [1.165, 1.54) is 5.57 Å². The van der Waals surface area contributed by atoms with Gasteiger partial charge in [-0.15, -0.1) is 0 Å². The first-order chi connectivity index (χ1) is 5.68. The van der Waals surface area contributed by atoms with E-state index in [1.807, 2.05) is 6.08 Å². The molecule has 0 aromatic carbocycles. The molecule has 0 saturated carbocycles. The lowest BCUT2D eigenvalue weighted by molar-refractivity contribution is 0.0977. The SMILES string of the molecule is CC1=CCOC(/C=C/C(C)O)C1. The summed E-state index contributed by atoms with van der Waals surface area (Å²) in [6.45, 7) is 4.54. The van der Waals surface area contributed by atoms with Gasteiger partial charge in [-0.25, -0.2) is 0 Å². The summed E-state index contributed by atoms with van der Waals surface area (Å²) in [7, 11) is 0. The smallest absolute Gasteiger partial charge is 0.0797 e. The second-order valence-electron chi connectivity index (χ2n) is 3.25. The van der Waals surface area contributed by atoms with Crippen molar-refractivity contribution in [3.63, 3.8) is 0 Å². The Morgan fingerprint density at radius 3 is 3.08 bits per heavy atom. The minimum absolute atomic E-state index is 0.157. The van der Waals surface area contributed by atoms with Crippen LogP contribution in [-0.2, 0) is 4.74 Å². The van der Waals surface area contributed by atoms with Gasteiger partial charge in [0.2, 0.25) is 0 Å². The average Bonchev–Trinajstić information content (AvgIpc) is 2.01. The molecule has 68 valence electrons. The molecule has 2 atom stereocenters. The summed E-state index contributed by atoms with van der Waals surface area (Å²) >= 11 is 0. The first-order valence-electron chi connectivity index (χ1n) is 4.32. The van der Waals surface area contributed by atoms with Crippen LogP contribution in [0.1, 0.15) is 20.3 Å². The summed E-state index contributed by atoms with van der Waals surface area (Å²) in [5.74, 6) is 0. The maximum atomic E-state index is 8.99. The van der Waals surface area contributed by atoms with Gasteiger partial charge in [-0.1, -0.05) is 23.8 Å². The highest BCUT2D eigenvalue weighted by Gasteiger charge is 2.09. The van der Waals surface area contributed by atoms with Crippen LogP contribution < -0.4 is 0 Å². The molecule has 0 spiro atoms. The predicted molar refractivity (Wildman–Crippen MR) is 48.9 cm³/mol. The number of aliphatic hydroxyl groups excluding tert-OH is 1. The number of rotatable bonds is 2. The van der Waals surface area contributed by atoms with Crippen LogP contribution in [0.2, 0.25) is 0 Å². The number of hydrogen-bond donors (Lipinski definition) is 1. The molecule has 0 bridgehead atoms. The minimum atomic E-state index is -0.375. The Morgan fingerprint density at radius 2 is 2.50 bits per heavy atom. The minimum Gasteiger partial charge on any atom is -0.389 e. The molecule has 1 aliphatic heterocycles. The van der Waals surface area contributed by atoms with E-state index in [4.69, 9.17) is 9.84 Å². The molecule has 0 aromatic heterocycles. The Labute approximate surface area is 73.5 Å². The van der Waals surface area contributed by atoms with Crippen LogP contribution in [0.3, 0.4) is 0 Å². The van der Waals surface area contributed by atoms with Gasteiger partial charge in [0.25, 0.3) is 0 Å². The van der Waals surface area contributed by atoms with Crippen LogP contribution in [0.25, 0.3) is 0 Å². The highest BCUT2D eigenvalue weighted by atomic mass is 16.5. The second kappa shape index (κ2) is 4.43. The fraction of sp³-hybridized carbons (Fsp3) is 0.600. The van der Waals surface area contributed by atoms with Crippen molar-refractivity contribution in [3.8, 4) is 0 Å². The number of ether oxygens (including phenoxy) is 1. The highest BCUT2D eigenvalue weighted by molar-refractivity contribution is 5.08. The molecule has 1 N–H and O–H groups in total.